The molecule has 0 N–H and O–H groups in total. The molecule has 0 atom stereocenters. The van der Waals surface area contributed by atoms with Gasteiger partial charge in [0.2, 0.25) is 12.2 Å². The number of benzene rings is 1. The largest absolute Gasteiger partial charge is 0.446 e. The second kappa shape index (κ2) is 4.17. The highest BCUT2D eigenvalue weighted by Crippen LogP contribution is 2.37. The highest BCUT2D eigenvalue weighted by atomic mass is 32.2. The molecule has 0 amide bonds. The Kier molecular flexibility index (Phi) is 2.86. The first-order valence-corrected chi connectivity index (χ1v) is 4.99. The van der Waals surface area contributed by atoms with E-state index in [0.717, 1.165) is 6.39 Å². The molecule has 0 aliphatic rings. The van der Waals surface area contributed by atoms with Gasteiger partial charge in [-0.25, -0.2) is 0 Å². The van der Waals surface area contributed by atoms with Crippen molar-refractivity contribution in [1.29, 1.82) is 0 Å². The second-order valence-corrected chi connectivity index (χ2v) is 3.97. The van der Waals surface area contributed by atoms with E-state index in [4.69, 9.17) is 0 Å². The Balaban J connectivity index is 2.17. The molecule has 0 saturated heterocycles. The first-order valence-electron chi connectivity index (χ1n) is 4.17. The smallest absolute Gasteiger partial charge is 0.342 e. The minimum Gasteiger partial charge on any atom is -0.342 e. The Morgan fingerprint density at radius 1 is 1.12 bits per heavy atom. The van der Waals surface area contributed by atoms with E-state index < -0.39 is 5.51 Å². The van der Waals surface area contributed by atoms with Gasteiger partial charge in [-0.05, 0) is 36.0 Å². The van der Waals surface area contributed by atoms with Crippen molar-refractivity contribution in [2.45, 2.75) is 10.4 Å². The zero-order chi connectivity index (χ0) is 11.6. The van der Waals surface area contributed by atoms with Crippen molar-refractivity contribution in [1.82, 2.24) is 10.1 Å². The summed E-state index contributed by atoms with van der Waals surface area (Å²) < 4.78 is 40.6. The third-order valence-corrected chi connectivity index (χ3v) is 2.45. The SMILES string of the molecule is FC(F)(F)Sc1ccc(-c2ncon2)cc1. The Bertz CT molecular complexity index is 453. The summed E-state index contributed by atoms with van der Waals surface area (Å²) in [5, 5.41) is 3.58. The third-order valence-electron chi connectivity index (χ3n) is 1.71. The Morgan fingerprint density at radius 3 is 2.31 bits per heavy atom. The van der Waals surface area contributed by atoms with Crippen LogP contribution in [-0.4, -0.2) is 15.6 Å². The number of alkyl halides is 3. The van der Waals surface area contributed by atoms with Crippen LogP contribution >= 0.6 is 11.8 Å². The van der Waals surface area contributed by atoms with Crippen LogP contribution in [0.2, 0.25) is 0 Å². The lowest BCUT2D eigenvalue weighted by molar-refractivity contribution is -0.0328. The molecule has 0 fully saturated rings. The van der Waals surface area contributed by atoms with Gasteiger partial charge < -0.3 is 4.52 Å². The highest BCUT2D eigenvalue weighted by Gasteiger charge is 2.29. The molecule has 0 bridgehead atoms. The predicted octanol–water partition coefficient (Wildman–Crippen LogP) is 3.35. The molecule has 0 aliphatic carbocycles. The van der Waals surface area contributed by atoms with E-state index in [1.54, 1.807) is 0 Å². The molecule has 0 spiro atoms. The Morgan fingerprint density at radius 2 is 1.81 bits per heavy atom. The van der Waals surface area contributed by atoms with Crippen molar-refractivity contribution in [3.8, 4) is 11.4 Å². The zero-order valence-electron chi connectivity index (χ0n) is 7.73. The van der Waals surface area contributed by atoms with E-state index in [1.807, 2.05) is 0 Å². The van der Waals surface area contributed by atoms with Gasteiger partial charge in [0.1, 0.15) is 0 Å². The monoisotopic (exact) mass is 246 g/mol. The van der Waals surface area contributed by atoms with Crippen LogP contribution in [-0.2, 0) is 0 Å². The molecule has 7 heteroatoms. The topological polar surface area (TPSA) is 38.9 Å². The van der Waals surface area contributed by atoms with Gasteiger partial charge in [-0.15, -0.1) is 0 Å². The molecule has 1 heterocycles. The maximum atomic E-state index is 12.0. The molecule has 0 aliphatic heterocycles. The standard InChI is InChI=1S/C9H5F3N2OS/c10-9(11,12)16-7-3-1-6(2-4-7)8-13-5-15-14-8/h1-5H. The lowest BCUT2D eigenvalue weighted by Gasteiger charge is -2.05. The van der Waals surface area contributed by atoms with E-state index in [1.165, 1.54) is 24.3 Å². The molecule has 16 heavy (non-hydrogen) atoms. The van der Waals surface area contributed by atoms with Crippen LogP contribution < -0.4 is 0 Å². The van der Waals surface area contributed by atoms with E-state index in [2.05, 4.69) is 14.7 Å². The predicted molar refractivity (Wildman–Crippen MR) is 51.6 cm³/mol. The van der Waals surface area contributed by atoms with Crippen molar-refractivity contribution >= 4 is 11.8 Å². The fourth-order valence-corrected chi connectivity index (χ4v) is 1.64. The molecule has 2 rings (SSSR count). The van der Waals surface area contributed by atoms with E-state index in [-0.39, 0.29) is 16.7 Å². The highest BCUT2D eigenvalue weighted by molar-refractivity contribution is 8.00. The van der Waals surface area contributed by atoms with Crippen molar-refractivity contribution in [2.75, 3.05) is 0 Å². The minimum atomic E-state index is -4.27. The van der Waals surface area contributed by atoms with Crippen molar-refractivity contribution in [2.24, 2.45) is 0 Å². The van der Waals surface area contributed by atoms with Crippen molar-refractivity contribution in [3.63, 3.8) is 0 Å². The maximum Gasteiger partial charge on any atom is 0.446 e. The van der Waals surface area contributed by atoms with Gasteiger partial charge >= 0.3 is 5.51 Å². The van der Waals surface area contributed by atoms with Gasteiger partial charge in [-0.1, -0.05) is 5.16 Å². The number of hydrogen-bond acceptors (Lipinski definition) is 4. The minimum absolute atomic E-state index is 0.125. The number of aromatic nitrogens is 2. The normalized spacial score (nSPS) is 11.7. The van der Waals surface area contributed by atoms with E-state index in [0.29, 0.717) is 11.4 Å². The van der Waals surface area contributed by atoms with Gasteiger partial charge in [0, 0.05) is 10.5 Å². The van der Waals surface area contributed by atoms with Crippen LogP contribution in [0.15, 0.2) is 40.1 Å². The van der Waals surface area contributed by atoms with Gasteiger partial charge in [0.25, 0.3) is 0 Å². The molecule has 1 aromatic heterocycles. The second-order valence-electron chi connectivity index (χ2n) is 2.83. The summed E-state index contributed by atoms with van der Waals surface area (Å²) in [7, 11) is 0. The molecule has 3 nitrogen and oxygen atoms in total. The van der Waals surface area contributed by atoms with Gasteiger partial charge in [-0.3, -0.25) is 0 Å². The Hall–Kier alpha value is -1.50. The number of halogens is 3. The molecule has 84 valence electrons. The van der Waals surface area contributed by atoms with Crippen LogP contribution in [0.4, 0.5) is 13.2 Å². The first-order chi connectivity index (χ1) is 7.54. The van der Waals surface area contributed by atoms with Crippen molar-refractivity contribution in [3.05, 3.63) is 30.7 Å². The summed E-state index contributed by atoms with van der Waals surface area (Å²) in [6.45, 7) is 0. The van der Waals surface area contributed by atoms with Crippen LogP contribution in [0.25, 0.3) is 11.4 Å². The summed E-state index contributed by atoms with van der Waals surface area (Å²) in [6.07, 6.45) is 1.16. The van der Waals surface area contributed by atoms with Crippen molar-refractivity contribution < 1.29 is 17.7 Å². The quantitative estimate of drug-likeness (QED) is 0.762. The lowest BCUT2D eigenvalue weighted by Crippen LogP contribution is -1.98. The number of thioether (sulfide) groups is 1. The molecule has 1 aromatic carbocycles. The van der Waals surface area contributed by atoms with Gasteiger partial charge in [0.05, 0.1) is 0 Å². The molecular weight excluding hydrogens is 241 g/mol. The van der Waals surface area contributed by atoms with E-state index in [9.17, 15) is 13.2 Å². The van der Waals surface area contributed by atoms with E-state index >= 15 is 0 Å². The summed E-state index contributed by atoms with van der Waals surface area (Å²) in [5.74, 6) is 0.351. The zero-order valence-corrected chi connectivity index (χ0v) is 8.55. The molecule has 2 aromatic rings. The lowest BCUT2D eigenvalue weighted by atomic mass is 10.2. The number of hydrogen-bond donors (Lipinski definition) is 0. The summed E-state index contributed by atoms with van der Waals surface area (Å²) in [5.41, 5.74) is -3.66. The van der Waals surface area contributed by atoms with Crippen LogP contribution in [0, 0.1) is 0 Å². The fraction of sp³-hybridized carbons (Fsp3) is 0.111. The first kappa shape index (κ1) is 11.0. The fourth-order valence-electron chi connectivity index (χ4n) is 1.10. The number of nitrogens with zero attached hydrogens (tertiary/aromatic N) is 2. The molecule has 0 radical (unpaired) electrons. The van der Waals surface area contributed by atoms with Gasteiger partial charge in [-0.2, -0.15) is 18.2 Å². The van der Waals surface area contributed by atoms with Crippen LogP contribution in [0.5, 0.6) is 0 Å². The average molecular weight is 246 g/mol. The number of rotatable bonds is 2. The summed E-state index contributed by atoms with van der Waals surface area (Å²) >= 11 is -0.158. The van der Waals surface area contributed by atoms with Crippen LogP contribution in [0.1, 0.15) is 0 Å². The van der Waals surface area contributed by atoms with Crippen LogP contribution in [0.3, 0.4) is 0 Å². The molecular formula is C9H5F3N2OS. The van der Waals surface area contributed by atoms with Gasteiger partial charge in [0.15, 0.2) is 0 Å². The average Bonchev–Trinajstić information content (AvgIpc) is 2.69. The molecule has 0 saturated carbocycles. The maximum absolute atomic E-state index is 12.0. The summed E-state index contributed by atoms with van der Waals surface area (Å²) in [6, 6.07) is 5.76. The Labute approximate surface area is 92.7 Å². The molecule has 0 unspecified atom stereocenters. The summed E-state index contributed by atoms with van der Waals surface area (Å²) in [4.78, 5) is 3.91. The third kappa shape index (κ3) is 2.75.